The first-order valence-electron chi connectivity index (χ1n) is 5.83. The summed E-state index contributed by atoms with van der Waals surface area (Å²) in [7, 11) is -2.42. The van der Waals surface area contributed by atoms with E-state index in [1.807, 2.05) is 0 Å². The van der Waals surface area contributed by atoms with Crippen LogP contribution in [0.1, 0.15) is 27.7 Å². The maximum absolute atomic E-state index is 4.45. The maximum atomic E-state index is 4.45. The van der Waals surface area contributed by atoms with E-state index >= 15 is 0 Å². The number of hydrogen-bond acceptors (Lipinski definition) is 2. The molecule has 0 amide bonds. The molecule has 0 rings (SSSR count). The molecule has 92 valence electrons. The van der Waals surface area contributed by atoms with Gasteiger partial charge in [-0.3, -0.25) is 0 Å². The van der Waals surface area contributed by atoms with Gasteiger partial charge < -0.3 is 4.98 Å². The summed E-state index contributed by atoms with van der Waals surface area (Å²) in [4.78, 5) is 3.69. The van der Waals surface area contributed by atoms with Gasteiger partial charge in [0.05, 0.1) is 8.07 Å². The molecule has 0 fully saturated rings. The highest BCUT2D eigenvalue weighted by Crippen LogP contribution is 2.40. The molecular weight excluding hydrogens is 234 g/mol. The van der Waals surface area contributed by atoms with Gasteiger partial charge in [-0.15, -0.1) is 0 Å². The monoisotopic (exact) mass is 263 g/mol. The lowest BCUT2D eigenvalue weighted by Gasteiger charge is -2.42. The first-order valence-corrected chi connectivity index (χ1v) is 12.8. The van der Waals surface area contributed by atoms with Crippen LogP contribution in [0.25, 0.3) is 0 Å². The van der Waals surface area contributed by atoms with Gasteiger partial charge in [0.25, 0.3) is 0 Å². The zero-order valence-electron chi connectivity index (χ0n) is 11.7. The van der Waals surface area contributed by atoms with Crippen LogP contribution in [-0.4, -0.2) is 21.7 Å². The highest BCUT2D eigenvalue weighted by molar-refractivity contribution is 7.80. The van der Waals surface area contributed by atoms with E-state index in [4.69, 9.17) is 0 Å². The Kier molecular flexibility index (Phi) is 5.18. The zero-order chi connectivity index (χ0) is 12.5. The number of hydrogen-bond donors (Lipinski definition) is 2. The molecule has 15 heavy (non-hydrogen) atoms. The van der Waals surface area contributed by atoms with Crippen molar-refractivity contribution in [2.75, 3.05) is 0 Å². The minimum Gasteiger partial charge on any atom is -0.327 e. The topological polar surface area (TPSA) is 12.0 Å². The summed E-state index contributed by atoms with van der Waals surface area (Å²) in [5.41, 5.74) is 1.42. The second kappa shape index (κ2) is 4.94. The van der Waals surface area contributed by atoms with Crippen molar-refractivity contribution in [1.29, 1.82) is 0 Å². The molecule has 0 aromatic rings. The summed E-state index contributed by atoms with van der Waals surface area (Å²) in [6.07, 6.45) is 0. The van der Waals surface area contributed by atoms with E-state index in [2.05, 4.69) is 71.5 Å². The second-order valence-corrected chi connectivity index (χ2v) is 18.5. The van der Waals surface area contributed by atoms with E-state index in [-0.39, 0.29) is 0 Å². The second-order valence-electron chi connectivity index (χ2n) is 7.01. The summed E-state index contributed by atoms with van der Waals surface area (Å²) in [6, 6.07) is 0. The predicted octanol–water partition coefficient (Wildman–Crippen LogP) is 4.10. The molecule has 0 aliphatic carbocycles. The van der Waals surface area contributed by atoms with Crippen molar-refractivity contribution in [2.45, 2.75) is 70.0 Å². The summed E-state index contributed by atoms with van der Waals surface area (Å²) in [6.45, 7) is 19.2. The van der Waals surface area contributed by atoms with Crippen molar-refractivity contribution >= 4 is 28.9 Å². The standard InChI is InChI=1S/C11H29NSSi2/c1-10(13)12-15(7,8)9-14(5,6)11(2,3)4/h10,12-13H,9H2,1-8H3. The fourth-order valence-electron chi connectivity index (χ4n) is 1.99. The van der Waals surface area contributed by atoms with Gasteiger partial charge in [0.1, 0.15) is 8.24 Å². The minimum absolute atomic E-state index is 0.330. The lowest BCUT2D eigenvalue weighted by molar-refractivity contribution is 0.719. The van der Waals surface area contributed by atoms with Crippen LogP contribution in [0, 0.1) is 0 Å². The van der Waals surface area contributed by atoms with E-state index in [9.17, 15) is 0 Å². The molecule has 0 radical (unpaired) electrons. The highest BCUT2D eigenvalue weighted by Gasteiger charge is 2.40. The van der Waals surface area contributed by atoms with Gasteiger partial charge in [-0.25, -0.2) is 0 Å². The fourth-order valence-corrected chi connectivity index (χ4v) is 15.5. The van der Waals surface area contributed by atoms with E-state index in [0.717, 1.165) is 0 Å². The average Bonchev–Trinajstić information content (AvgIpc) is 1.75. The fraction of sp³-hybridized carbons (Fsp3) is 1.00. The van der Waals surface area contributed by atoms with E-state index in [1.54, 1.807) is 0 Å². The Balaban J connectivity index is 4.57. The molecule has 0 aliphatic heterocycles. The first-order chi connectivity index (χ1) is 6.37. The van der Waals surface area contributed by atoms with E-state index in [0.29, 0.717) is 10.4 Å². The Morgan fingerprint density at radius 1 is 1.13 bits per heavy atom. The Morgan fingerprint density at radius 2 is 1.53 bits per heavy atom. The molecule has 0 aliphatic rings. The predicted molar refractivity (Wildman–Crippen MR) is 81.1 cm³/mol. The van der Waals surface area contributed by atoms with Crippen molar-refractivity contribution in [2.24, 2.45) is 0 Å². The average molecular weight is 264 g/mol. The third-order valence-electron chi connectivity index (χ3n) is 3.51. The van der Waals surface area contributed by atoms with Crippen molar-refractivity contribution in [3.05, 3.63) is 0 Å². The van der Waals surface area contributed by atoms with Gasteiger partial charge in [0, 0.05) is 5.37 Å². The van der Waals surface area contributed by atoms with Gasteiger partial charge in [-0.1, -0.05) is 47.0 Å². The molecule has 4 heteroatoms. The third kappa shape index (κ3) is 5.56. The lowest BCUT2D eigenvalue weighted by atomic mass is 10.2. The van der Waals surface area contributed by atoms with E-state index < -0.39 is 16.3 Å². The Morgan fingerprint density at radius 3 is 1.80 bits per heavy atom. The van der Waals surface area contributed by atoms with Crippen LogP contribution < -0.4 is 4.98 Å². The van der Waals surface area contributed by atoms with Crippen LogP contribution in [0.2, 0.25) is 36.9 Å². The molecule has 0 aromatic carbocycles. The highest BCUT2D eigenvalue weighted by atomic mass is 32.1. The van der Waals surface area contributed by atoms with Gasteiger partial charge in [0.15, 0.2) is 0 Å². The summed E-state index contributed by atoms with van der Waals surface area (Å²) in [5.74, 6) is 0. The largest absolute Gasteiger partial charge is 0.327 e. The number of thiol groups is 1. The van der Waals surface area contributed by atoms with Crippen molar-refractivity contribution in [3.63, 3.8) is 0 Å². The zero-order valence-corrected chi connectivity index (χ0v) is 14.6. The van der Waals surface area contributed by atoms with Gasteiger partial charge in [0.2, 0.25) is 0 Å². The number of rotatable bonds is 4. The molecule has 1 atom stereocenters. The molecule has 1 unspecified atom stereocenters. The summed E-state index contributed by atoms with van der Waals surface area (Å²) < 4.78 is 0. The molecule has 0 bridgehead atoms. The molecule has 0 spiro atoms. The van der Waals surface area contributed by atoms with Crippen molar-refractivity contribution < 1.29 is 0 Å². The maximum Gasteiger partial charge on any atom is 0.117 e. The molecule has 1 nitrogen and oxygen atoms in total. The van der Waals surface area contributed by atoms with Crippen LogP contribution in [0.3, 0.4) is 0 Å². The Labute approximate surface area is 104 Å². The molecule has 0 aromatic heterocycles. The van der Waals surface area contributed by atoms with Gasteiger partial charge >= 0.3 is 0 Å². The van der Waals surface area contributed by atoms with Crippen molar-refractivity contribution in [3.8, 4) is 0 Å². The van der Waals surface area contributed by atoms with Gasteiger partial charge in [-0.05, 0) is 17.6 Å². The Bertz CT molecular complexity index is 207. The quantitative estimate of drug-likeness (QED) is 0.442. The van der Waals surface area contributed by atoms with Gasteiger partial charge in [-0.2, -0.15) is 12.6 Å². The minimum atomic E-state index is -1.28. The van der Waals surface area contributed by atoms with Crippen LogP contribution in [0.5, 0.6) is 0 Å². The van der Waals surface area contributed by atoms with E-state index in [1.165, 1.54) is 5.67 Å². The molecule has 1 N–H and O–H groups in total. The first kappa shape index (κ1) is 15.7. The molecular formula is C11H29NSSi2. The smallest absolute Gasteiger partial charge is 0.117 e. The Hall–Kier alpha value is 0.744. The number of nitrogens with one attached hydrogen (secondary N) is 1. The van der Waals surface area contributed by atoms with Crippen molar-refractivity contribution in [1.82, 2.24) is 4.98 Å². The summed E-state index contributed by atoms with van der Waals surface area (Å²) in [5, 5.41) is 0.829. The molecule has 0 saturated heterocycles. The molecule has 0 heterocycles. The normalized spacial score (nSPS) is 16.6. The summed E-state index contributed by atoms with van der Waals surface area (Å²) >= 11 is 4.45. The SMILES string of the molecule is CC(S)N[Si](C)(C)C[Si](C)(C)C(C)(C)C. The van der Waals surface area contributed by atoms with Crippen LogP contribution in [-0.2, 0) is 0 Å². The van der Waals surface area contributed by atoms with Crippen LogP contribution >= 0.6 is 12.6 Å². The van der Waals surface area contributed by atoms with Crippen LogP contribution in [0.15, 0.2) is 0 Å². The lowest BCUT2D eigenvalue weighted by Crippen LogP contribution is -2.55. The molecule has 0 saturated carbocycles. The third-order valence-corrected chi connectivity index (χ3v) is 16.2. The van der Waals surface area contributed by atoms with Crippen LogP contribution in [0.4, 0.5) is 0 Å².